The Bertz CT molecular complexity index is 2370. The van der Waals surface area contributed by atoms with Crippen LogP contribution in [0.2, 0.25) is 0 Å². The predicted octanol–water partition coefficient (Wildman–Crippen LogP) is 7.73. The summed E-state index contributed by atoms with van der Waals surface area (Å²) < 4.78 is 42.8. The summed E-state index contributed by atoms with van der Waals surface area (Å²) in [7, 11) is -3.98. The fraction of sp³-hybridized carbons (Fsp3) is 0.239. The first-order valence-corrected chi connectivity index (χ1v) is 21.6. The number of ether oxygens (including phenoxy) is 2. The zero-order valence-corrected chi connectivity index (χ0v) is 33.9. The van der Waals surface area contributed by atoms with Crippen LogP contribution in [0.25, 0.3) is 11.1 Å². The van der Waals surface area contributed by atoms with E-state index in [0.29, 0.717) is 10.9 Å². The van der Waals surface area contributed by atoms with Gasteiger partial charge in [0.25, 0.3) is 0 Å². The van der Waals surface area contributed by atoms with Crippen LogP contribution in [0.4, 0.5) is 0 Å². The maximum Gasteiger partial charge on any atom is 0.241 e. The van der Waals surface area contributed by atoms with Crippen LogP contribution in [0.15, 0.2) is 156 Å². The van der Waals surface area contributed by atoms with Crippen molar-refractivity contribution in [1.82, 2.24) is 20.0 Å². The van der Waals surface area contributed by atoms with Crippen LogP contribution >= 0.6 is 11.8 Å². The SMILES string of the molecule is Cc1ccc(S(=O)(=O)N[C@H](Cc2ccccc2)C(=O)NCc2ccccc2-c2ccc([C@@H]3O[C@H](CSc4ncccn4)[C@H](C)[C@H](c4ccc(CO)cc4)O3)cc2)cc1. The minimum atomic E-state index is -3.98. The zero-order valence-electron chi connectivity index (χ0n) is 32.3. The molecule has 1 saturated heterocycles. The molecular formula is C46H46N4O6S2. The standard InChI is InChI=1S/C46H46N4O6S2/c1-31-13-23-39(24-14-31)58(53,54)50-41(27-33-9-4-3-5-10-33)44(52)49-28-38-11-6-7-12-40(38)35-19-21-37(22-20-35)45-55-42(30-57-46-47-25-8-26-48-46)32(2)43(56-45)36-17-15-34(29-51)16-18-36/h3-26,32,41-43,45,50-51H,27-30H2,1-2H3,(H,49,52)/t32-,41+,42+,43+,45+/m0/s1. The van der Waals surface area contributed by atoms with Crippen molar-refractivity contribution in [1.29, 1.82) is 0 Å². The quantitative estimate of drug-likeness (QED) is 0.0702. The first-order chi connectivity index (χ1) is 28.2. The molecule has 12 heteroatoms. The number of carbonyl (C=O) groups is 1. The minimum absolute atomic E-state index is 0.0130. The molecule has 1 amide bonds. The van der Waals surface area contributed by atoms with Crippen LogP contribution in [0, 0.1) is 12.8 Å². The molecule has 0 spiro atoms. The number of aliphatic hydroxyl groups is 1. The van der Waals surface area contributed by atoms with Crippen molar-refractivity contribution in [3.05, 3.63) is 179 Å². The van der Waals surface area contributed by atoms with Gasteiger partial charge in [-0.05, 0) is 64.9 Å². The van der Waals surface area contributed by atoms with E-state index in [1.165, 1.54) is 0 Å². The van der Waals surface area contributed by atoms with E-state index in [2.05, 4.69) is 26.9 Å². The Balaban J connectivity index is 1.08. The van der Waals surface area contributed by atoms with E-state index in [1.54, 1.807) is 54.5 Å². The predicted molar refractivity (Wildman–Crippen MR) is 225 cm³/mol. The fourth-order valence-electron chi connectivity index (χ4n) is 6.92. The van der Waals surface area contributed by atoms with E-state index in [-0.39, 0.29) is 42.6 Å². The average Bonchev–Trinajstić information content (AvgIpc) is 3.26. The summed E-state index contributed by atoms with van der Waals surface area (Å²) in [5.41, 5.74) is 7.18. The molecule has 58 heavy (non-hydrogen) atoms. The number of aromatic nitrogens is 2. The molecule has 0 radical (unpaired) electrons. The Morgan fingerprint density at radius 1 is 0.793 bits per heavy atom. The molecule has 1 aliphatic heterocycles. The van der Waals surface area contributed by atoms with Crippen LogP contribution in [-0.2, 0) is 43.9 Å². The number of benzene rings is 5. The first-order valence-electron chi connectivity index (χ1n) is 19.2. The highest BCUT2D eigenvalue weighted by Gasteiger charge is 2.38. The van der Waals surface area contributed by atoms with Crippen molar-refractivity contribution in [3.8, 4) is 11.1 Å². The topological polar surface area (TPSA) is 140 Å². The molecule has 298 valence electrons. The van der Waals surface area contributed by atoms with E-state index >= 15 is 0 Å². The van der Waals surface area contributed by atoms with Crippen LogP contribution in [0.5, 0.6) is 0 Å². The smallest absolute Gasteiger partial charge is 0.241 e. The molecule has 5 atom stereocenters. The lowest BCUT2D eigenvalue weighted by Crippen LogP contribution is -2.47. The normalized spacial score (nSPS) is 18.7. The highest BCUT2D eigenvalue weighted by molar-refractivity contribution is 7.99. The number of aliphatic hydroxyl groups excluding tert-OH is 1. The summed E-state index contributed by atoms with van der Waals surface area (Å²) >= 11 is 1.54. The maximum atomic E-state index is 13.8. The minimum Gasteiger partial charge on any atom is -0.392 e. The Kier molecular flexibility index (Phi) is 13.4. The second-order valence-electron chi connectivity index (χ2n) is 14.3. The van der Waals surface area contributed by atoms with E-state index in [1.807, 2.05) is 110 Å². The molecule has 0 aliphatic carbocycles. The van der Waals surface area contributed by atoms with Gasteiger partial charge in [0.05, 0.1) is 23.7 Å². The van der Waals surface area contributed by atoms with Crippen molar-refractivity contribution in [2.75, 3.05) is 5.75 Å². The highest BCUT2D eigenvalue weighted by atomic mass is 32.2. The van der Waals surface area contributed by atoms with Crippen molar-refractivity contribution in [2.45, 2.75) is 68.0 Å². The molecule has 0 saturated carbocycles. The van der Waals surface area contributed by atoms with Gasteiger partial charge in [-0.3, -0.25) is 4.79 Å². The van der Waals surface area contributed by atoms with Gasteiger partial charge in [0.15, 0.2) is 11.4 Å². The Labute approximate surface area is 344 Å². The van der Waals surface area contributed by atoms with Gasteiger partial charge in [0.1, 0.15) is 6.04 Å². The van der Waals surface area contributed by atoms with E-state index in [0.717, 1.165) is 44.5 Å². The van der Waals surface area contributed by atoms with Crippen LogP contribution in [0.1, 0.15) is 52.7 Å². The monoisotopic (exact) mass is 814 g/mol. The second kappa shape index (κ2) is 19.0. The molecule has 1 aromatic heterocycles. The van der Waals surface area contributed by atoms with Gasteiger partial charge in [-0.15, -0.1) is 0 Å². The number of hydrogen-bond acceptors (Lipinski definition) is 9. The van der Waals surface area contributed by atoms with Crippen molar-refractivity contribution >= 4 is 27.7 Å². The molecule has 2 heterocycles. The molecule has 7 rings (SSSR count). The third-order valence-electron chi connectivity index (χ3n) is 10.2. The summed E-state index contributed by atoms with van der Waals surface area (Å²) in [5, 5.41) is 13.3. The lowest BCUT2D eigenvalue weighted by atomic mass is 9.91. The van der Waals surface area contributed by atoms with Gasteiger partial charge in [-0.2, -0.15) is 4.72 Å². The molecule has 1 aliphatic rings. The Hall–Kier alpha value is -5.21. The summed E-state index contributed by atoms with van der Waals surface area (Å²) in [6.45, 7) is 4.16. The Morgan fingerprint density at radius 2 is 1.47 bits per heavy atom. The molecule has 5 aromatic carbocycles. The van der Waals surface area contributed by atoms with Gasteiger partial charge >= 0.3 is 0 Å². The molecule has 6 aromatic rings. The Morgan fingerprint density at radius 3 is 2.17 bits per heavy atom. The molecule has 0 bridgehead atoms. The third-order valence-corrected chi connectivity index (χ3v) is 12.7. The number of hydrogen-bond donors (Lipinski definition) is 3. The number of aryl methyl sites for hydroxylation is 1. The molecule has 3 N–H and O–H groups in total. The number of carbonyl (C=O) groups excluding carboxylic acids is 1. The highest BCUT2D eigenvalue weighted by Crippen LogP contribution is 2.43. The lowest BCUT2D eigenvalue weighted by molar-refractivity contribution is -0.268. The number of thioether (sulfide) groups is 1. The average molecular weight is 815 g/mol. The molecule has 1 fully saturated rings. The maximum absolute atomic E-state index is 13.8. The third kappa shape index (κ3) is 10.3. The number of rotatable bonds is 15. The van der Waals surface area contributed by atoms with Crippen molar-refractivity contribution in [2.24, 2.45) is 5.92 Å². The molecular weight excluding hydrogens is 769 g/mol. The van der Waals surface area contributed by atoms with Crippen LogP contribution < -0.4 is 10.0 Å². The molecule has 0 unspecified atom stereocenters. The molecule has 10 nitrogen and oxygen atoms in total. The fourth-order valence-corrected chi connectivity index (χ4v) is 9.08. The van der Waals surface area contributed by atoms with Crippen molar-refractivity contribution in [3.63, 3.8) is 0 Å². The first kappa shape index (κ1) is 41.0. The summed E-state index contributed by atoms with van der Waals surface area (Å²) in [6.07, 6.45) is 2.56. The van der Waals surface area contributed by atoms with Crippen molar-refractivity contribution < 1.29 is 27.8 Å². The summed E-state index contributed by atoms with van der Waals surface area (Å²) in [5.74, 6) is 0.212. The van der Waals surface area contributed by atoms with E-state index in [9.17, 15) is 18.3 Å². The largest absolute Gasteiger partial charge is 0.392 e. The van der Waals surface area contributed by atoms with Gasteiger partial charge in [-0.1, -0.05) is 140 Å². The van der Waals surface area contributed by atoms with Gasteiger partial charge < -0.3 is 19.9 Å². The van der Waals surface area contributed by atoms with Crippen LogP contribution in [-0.4, -0.2) is 47.3 Å². The van der Waals surface area contributed by atoms with E-state index in [4.69, 9.17) is 9.47 Å². The van der Waals surface area contributed by atoms with Gasteiger partial charge in [-0.25, -0.2) is 18.4 Å². The number of nitrogens with zero attached hydrogens (tertiary/aromatic N) is 2. The van der Waals surface area contributed by atoms with E-state index < -0.39 is 28.3 Å². The van der Waals surface area contributed by atoms with Gasteiger partial charge in [0.2, 0.25) is 15.9 Å². The number of amides is 1. The second-order valence-corrected chi connectivity index (χ2v) is 17.0. The van der Waals surface area contributed by atoms with Gasteiger partial charge in [0, 0.05) is 36.2 Å². The number of nitrogens with one attached hydrogen (secondary N) is 2. The summed E-state index contributed by atoms with van der Waals surface area (Å²) in [6, 6.07) is 40.3. The summed E-state index contributed by atoms with van der Waals surface area (Å²) in [4.78, 5) is 22.6. The number of sulfonamides is 1. The zero-order chi connectivity index (χ0) is 40.5. The lowest BCUT2D eigenvalue weighted by Gasteiger charge is -2.41. The van der Waals surface area contributed by atoms with Crippen LogP contribution in [0.3, 0.4) is 0 Å².